The molecule has 188 valence electrons. The van der Waals surface area contributed by atoms with Crippen LogP contribution in [0.25, 0.3) is 11.3 Å². The van der Waals surface area contributed by atoms with E-state index in [0.29, 0.717) is 5.56 Å². The molecule has 0 saturated carbocycles. The first kappa shape index (κ1) is 25.8. The van der Waals surface area contributed by atoms with Crippen molar-refractivity contribution in [1.29, 1.82) is 0 Å². The smallest absolute Gasteiger partial charge is 0.361 e. The number of rotatable bonds is 8. The second-order valence-electron chi connectivity index (χ2n) is 7.51. The molecule has 1 aliphatic heterocycles. The van der Waals surface area contributed by atoms with E-state index in [4.69, 9.17) is 23.7 Å². The van der Waals surface area contributed by atoms with Gasteiger partial charge in [-0.15, -0.1) is 5.10 Å². The van der Waals surface area contributed by atoms with Crippen molar-refractivity contribution in [3.63, 3.8) is 0 Å². The van der Waals surface area contributed by atoms with Crippen LogP contribution in [0.5, 0.6) is 0 Å². The predicted molar refractivity (Wildman–Crippen MR) is 114 cm³/mol. The van der Waals surface area contributed by atoms with Gasteiger partial charge in [0.25, 0.3) is 0 Å². The molecule has 1 aromatic carbocycles. The summed E-state index contributed by atoms with van der Waals surface area (Å²) in [4.78, 5) is 47.8. The van der Waals surface area contributed by atoms with E-state index in [1.165, 1.54) is 0 Å². The van der Waals surface area contributed by atoms with Gasteiger partial charge in [0.05, 0.1) is 6.61 Å². The van der Waals surface area contributed by atoms with Crippen molar-refractivity contribution >= 4 is 23.9 Å². The van der Waals surface area contributed by atoms with Gasteiger partial charge in [-0.3, -0.25) is 14.4 Å². The summed E-state index contributed by atoms with van der Waals surface area (Å²) >= 11 is 0. The van der Waals surface area contributed by atoms with Crippen LogP contribution in [0, 0.1) is 0 Å². The molecule has 0 spiro atoms. The van der Waals surface area contributed by atoms with E-state index < -0.39 is 54.7 Å². The second kappa shape index (κ2) is 10.6. The molecule has 0 aliphatic carbocycles. The fraction of sp³-hybridized carbons (Fsp3) is 0.455. The van der Waals surface area contributed by atoms with Crippen molar-refractivity contribution < 1.29 is 48.0 Å². The number of benzene rings is 1. The zero-order valence-electron chi connectivity index (χ0n) is 19.5. The average Bonchev–Trinajstić information content (AvgIpc) is 3.34. The molecule has 4 atom stereocenters. The van der Waals surface area contributed by atoms with E-state index >= 15 is 0 Å². The Morgan fingerprint density at radius 1 is 1.03 bits per heavy atom. The zero-order chi connectivity index (χ0) is 25.8. The van der Waals surface area contributed by atoms with Gasteiger partial charge in [0.2, 0.25) is 6.10 Å². The van der Waals surface area contributed by atoms with Crippen molar-refractivity contribution in [3.8, 4) is 11.3 Å². The van der Waals surface area contributed by atoms with Gasteiger partial charge in [-0.25, -0.2) is 4.79 Å². The van der Waals surface area contributed by atoms with Crippen LogP contribution in [0.2, 0.25) is 0 Å². The molecule has 1 aliphatic rings. The lowest BCUT2D eigenvalue weighted by Gasteiger charge is -2.30. The Morgan fingerprint density at radius 2 is 1.69 bits per heavy atom. The average molecular weight is 491 g/mol. The summed E-state index contributed by atoms with van der Waals surface area (Å²) < 4.78 is 27.2. The number of carbonyl (C=O) groups is 4. The molecular formula is C22H25N3O10. The minimum atomic E-state index is -2.63. The maximum atomic E-state index is 12.6. The van der Waals surface area contributed by atoms with Gasteiger partial charge < -0.3 is 28.8 Å². The van der Waals surface area contributed by atoms with Crippen molar-refractivity contribution in [2.24, 2.45) is 0 Å². The molecule has 1 N–H and O–H groups in total. The normalized spacial score (nSPS) is 23.4. The van der Waals surface area contributed by atoms with Gasteiger partial charge in [0.1, 0.15) is 18.4 Å². The van der Waals surface area contributed by atoms with E-state index in [9.17, 15) is 24.3 Å². The van der Waals surface area contributed by atoms with Gasteiger partial charge in [-0.05, 0) is 6.92 Å². The summed E-state index contributed by atoms with van der Waals surface area (Å²) in [5.74, 6) is -5.73. The summed E-state index contributed by atoms with van der Waals surface area (Å²) in [6.45, 7) is 4.55. The minimum Gasteiger partial charge on any atom is -0.463 e. The van der Waals surface area contributed by atoms with Crippen LogP contribution in [0.4, 0.5) is 0 Å². The highest BCUT2D eigenvalue weighted by Gasteiger charge is 2.62. The number of aliphatic hydroxyl groups is 1. The lowest BCUT2D eigenvalue weighted by atomic mass is 10.1. The lowest BCUT2D eigenvalue weighted by Crippen LogP contribution is -2.50. The van der Waals surface area contributed by atoms with Crippen LogP contribution >= 0.6 is 0 Å². The molecule has 0 bridgehead atoms. The topological polar surface area (TPSA) is 165 Å². The molecule has 0 radical (unpaired) electrons. The van der Waals surface area contributed by atoms with Crippen LogP contribution < -0.4 is 0 Å². The molecule has 0 amide bonds. The van der Waals surface area contributed by atoms with Crippen molar-refractivity contribution in [2.75, 3.05) is 13.2 Å². The summed E-state index contributed by atoms with van der Waals surface area (Å²) in [7, 11) is 0. The van der Waals surface area contributed by atoms with Crippen molar-refractivity contribution in [2.45, 2.75) is 51.9 Å². The number of aromatic nitrogens is 3. The molecule has 35 heavy (non-hydrogen) atoms. The predicted octanol–water partition coefficient (Wildman–Crippen LogP) is 0.550. The first-order chi connectivity index (χ1) is 16.6. The number of nitrogens with zero attached hydrogens (tertiary/aromatic N) is 3. The monoisotopic (exact) mass is 491 g/mol. The Morgan fingerprint density at radius 3 is 2.26 bits per heavy atom. The highest BCUT2D eigenvalue weighted by Crippen LogP contribution is 2.40. The summed E-state index contributed by atoms with van der Waals surface area (Å²) in [5.41, 5.74) is 0.133. The molecule has 2 aromatic rings. The molecule has 0 unspecified atom stereocenters. The van der Waals surface area contributed by atoms with Gasteiger partial charge in [-0.1, -0.05) is 35.5 Å². The maximum Gasteiger partial charge on any atom is 0.361 e. The molecule has 1 saturated heterocycles. The van der Waals surface area contributed by atoms with Crippen molar-refractivity contribution in [3.05, 3.63) is 36.0 Å². The first-order valence-electron chi connectivity index (χ1n) is 10.6. The van der Waals surface area contributed by atoms with Crippen LogP contribution in [0.1, 0.15) is 38.2 Å². The van der Waals surface area contributed by atoms with E-state index in [-0.39, 0.29) is 18.0 Å². The molecule has 1 aromatic heterocycles. The third-order valence-corrected chi connectivity index (χ3v) is 4.90. The van der Waals surface area contributed by atoms with Gasteiger partial charge in [-0.2, -0.15) is 4.68 Å². The SMILES string of the molecule is CCOC(=O)c1nnn([C@@]2(O)O[C@H](COC(C)=O)[C@@H](OC(C)=O)[C@H]2OC(C)=O)c1-c1ccccc1. The minimum absolute atomic E-state index is 0.0154. The second-order valence-corrected chi connectivity index (χ2v) is 7.51. The van der Waals surface area contributed by atoms with Gasteiger partial charge >= 0.3 is 29.8 Å². The fourth-order valence-electron chi connectivity index (χ4n) is 3.61. The third-order valence-electron chi connectivity index (χ3n) is 4.90. The number of carbonyl (C=O) groups excluding carboxylic acids is 4. The molecule has 1 fully saturated rings. The maximum absolute atomic E-state index is 12.6. The Kier molecular flexibility index (Phi) is 7.82. The number of hydrogen-bond donors (Lipinski definition) is 1. The Hall–Kier alpha value is -3.84. The number of esters is 4. The first-order valence-corrected chi connectivity index (χ1v) is 10.6. The Bertz CT molecular complexity index is 1100. The molecule has 13 heteroatoms. The van der Waals surface area contributed by atoms with Crippen LogP contribution in [-0.4, -0.2) is 75.5 Å². The van der Waals surface area contributed by atoms with Crippen LogP contribution in [-0.2, 0) is 44.0 Å². The summed E-state index contributed by atoms with van der Waals surface area (Å²) in [6.07, 6.45) is -4.35. The largest absolute Gasteiger partial charge is 0.463 e. The lowest BCUT2D eigenvalue weighted by molar-refractivity contribution is -0.297. The zero-order valence-corrected chi connectivity index (χ0v) is 19.5. The van der Waals surface area contributed by atoms with Crippen LogP contribution in [0.3, 0.4) is 0 Å². The Balaban J connectivity index is 2.19. The molecule has 13 nitrogen and oxygen atoms in total. The van der Waals surface area contributed by atoms with Crippen LogP contribution in [0.15, 0.2) is 30.3 Å². The standard InChI is InChI=1S/C22H25N3O10/c1-5-31-21(29)17-18(15-9-7-6-8-10-15)25(24-23-17)22(30)20(34-14(4)28)19(33-13(3)27)16(35-22)11-32-12(2)26/h6-10,16,19-20,30H,5,11H2,1-4H3/t16-,19-,20-,22+/m1/s1. The van der Waals surface area contributed by atoms with Gasteiger partial charge in [0, 0.05) is 26.3 Å². The van der Waals surface area contributed by atoms with Gasteiger partial charge in [0.15, 0.2) is 11.8 Å². The molecule has 2 heterocycles. The quantitative estimate of drug-likeness (QED) is 0.403. The van der Waals surface area contributed by atoms with Crippen molar-refractivity contribution in [1.82, 2.24) is 15.0 Å². The molecule has 3 rings (SSSR count). The number of ether oxygens (including phenoxy) is 5. The van der Waals surface area contributed by atoms with E-state index in [0.717, 1.165) is 25.5 Å². The highest BCUT2D eigenvalue weighted by atomic mass is 16.7. The third kappa shape index (κ3) is 5.46. The Labute approximate surface area is 199 Å². The fourth-order valence-corrected chi connectivity index (χ4v) is 3.61. The molecular weight excluding hydrogens is 466 g/mol. The number of hydrogen-bond acceptors (Lipinski definition) is 12. The summed E-state index contributed by atoms with van der Waals surface area (Å²) in [6, 6.07) is 8.33. The van der Waals surface area contributed by atoms with E-state index in [2.05, 4.69) is 10.3 Å². The highest BCUT2D eigenvalue weighted by molar-refractivity contribution is 5.94. The summed E-state index contributed by atoms with van der Waals surface area (Å²) in [5, 5.41) is 19.5. The van der Waals surface area contributed by atoms with E-state index in [1.54, 1.807) is 37.3 Å². The van der Waals surface area contributed by atoms with E-state index in [1.807, 2.05) is 0 Å².